The third-order valence-electron chi connectivity index (χ3n) is 4.12. The van der Waals surface area contributed by atoms with Crippen LogP contribution in [-0.4, -0.2) is 12.5 Å². The SMILES string of the molecule is Cl.Nc1ccc(CCNC(=O)C2CC2c2ccc(F)cc2)cc1. The predicted molar refractivity (Wildman–Crippen MR) is 92.1 cm³/mol. The van der Waals surface area contributed by atoms with Gasteiger partial charge in [-0.05, 0) is 54.2 Å². The molecular weight excluding hydrogens is 315 g/mol. The second kappa shape index (κ2) is 7.47. The minimum absolute atomic E-state index is 0. The van der Waals surface area contributed by atoms with Crippen LogP contribution in [0, 0.1) is 11.7 Å². The Morgan fingerprint density at radius 1 is 1.13 bits per heavy atom. The Bertz CT molecular complexity index is 658. The van der Waals surface area contributed by atoms with E-state index >= 15 is 0 Å². The van der Waals surface area contributed by atoms with Crippen LogP contribution < -0.4 is 11.1 Å². The monoisotopic (exact) mass is 334 g/mol. The van der Waals surface area contributed by atoms with Crippen LogP contribution in [0.5, 0.6) is 0 Å². The molecule has 3 N–H and O–H groups in total. The standard InChI is InChI=1S/C18H19FN2O.ClH/c19-14-5-3-13(4-6-14)16-11-17(16)18(22)21-10-9-12-1-7-15(20)8-2-12;/h1-8,16-17H,9-11,20H2,(H,21,22);1H. The van der Waals surface area contributed by atoms with Crippen LogP contribution in [0.1, 0.15) is 23.5 Å². The van der Waals surface area contributed by atoms with Gasteiger partial charge < -0.3 is 11.1 Å². The molecule has 0 bridgehead atoms. The first kappa shape index (κ1) is 17.3. The second-order valence-corrected chi connectivity index (χ2v) is 5.78. The van der Waals surface area contributed by atoms with Gasteiger partial charge in [-0.2, -0.15) is 0 Å². The first-order valence-corrected chi connectivity index (χ1v) is 7.51. The highest BCUT2D eigenvalue weighted by atomic mass is 35.5. The zero-order chi connectivity index (χ0) is 15.5. The van der Waals surface area contributed by atoms with Gasteiger partial charge in [-0.1, -0.05) is 24.3 Å². The molecule has 3 rings (SSSR count). The van der Waals surface area contributed by atoms with E-state index in [1.54, 1.807) is 12.1 Å². The molecule has 1 aliphatic rings. The molecule has 1 fully saturated rings. The Morgan fingerprint density at radius 2 is 1.78 bits per heavy atom. The van der Waals surface area contributed by atoms with Gasteiger partial charge in [-0.25, -0.2) is 4.39 Å². The molecule has 0 heterocycles. The van der Waals surface area contributed by atoms with Crippen molar-refractivity contribution in [1.29, 1.82) is 0 Å². The van der Waals surface area contributed by atoms with Crippen molar-refractivity contribution in [3.8, 4) is 0 Å². The van der Waals surface area contributed by atoms with Gasteiger partial charge in [0.15, 0.2) is 0 Å². The summed E-state index contributed by atoms with van der Waals surface area (Å²) in [5.74, 6) is 0.104. The van der Waals surface area contributed by atoms with E-state index in [-0.39, 0.29) is 36.0 Å². The first-order chi connectivity index (χ1) is 10.6. The van der Waals surface area contributed by atoms with Crippen LogP contribution in [-0.2, 0) is 11.2 Å². The van der Waals surface area contributed by atoms with Crippen molar-refractivity contribution >= 4 is 24.0 Å². The Labute approximate surface area is 141 Å². The number of rotatable bonds is 5. The van der Waals surface area contributed by atoms with E-state index in [0.29, 0.717) is 6.54 Å². The van der Waals surface area contributed by atoms with Crippen molar-refractivity contribution in [2.75, 3.05) is 12.3 Å². The van der Waals surface area contributed by atoms with E-state index in [0.717, 1.165) is 29.7 Å². The fourth-order valence-electron chi connectivity index (χ4n) is 2.71. The highest BCUT2D eigenvalue weighted by Gasteiger charge is 2.43. The van der Waals surface area contributed by atoms with Gasteiger partial charge in [-0.15, -0.1) is 12.4 Å². The van der Waals surface area contributed by atoms with Crippen molar-refractivity contribution in [3.63, 3.8) is 0 Å². The molecule has 3 nitrogen and oxygen atoms in total. The van der Waals surface area contributed by atoms with E-state index in [4.69, 9.17) is 5.73 Å². The minimum Gasteiger partial charge on any atom is -0.399 e. The zero-order valence-electron chi connectivity index (χ0n) is 12.7. The number of nitrogen functional groups attached to an aromatic ring is 1. The third kappa shape index (κ3) is 4.45. The Kier molecular flexibility index (Phi) is 5.61. The summed E-state index contributed by atoms with van der Waals surface area (Å²) in [4.78, 5) is 12.1. The summed E-state index contributed by atoms with van der Waals surface area (Å²) in [6, 6.07) is 14.1. The molecular formula is C18H20ClFN2O. The number of nitrogens with one attached hydrogen (secondary N) is 1. The van der Waals surface area contributed by atoms with Crippen LogP contribution in [0.4, 0.5) is 10.1 Å². The molecule has 0 saturated heterocycles. The fourth-order valence-corrected chi connectivity index (χ4v) is 2.71. The Morgan fingerprint density at radius 3 is 2.43 bits per heavy atom. The number of anilines is 1. The highest BCUT2D eigenvalue weighted by molar-refractivity contribution is 5.85. The molecule has 5 heteroatoms. The normalized spacial score (nSPS) is 18.8. The lowest BCUT2D eigenvalue weighted by Gasteiger charge is -2.06. The van der Waals surface area contributed by atoms with Gasteiger partial charge in [0, 0.05) is 18.2 Å². The van der Waals surface area contributed by atoms with Crippen LogP contribution >= 0.6 is 12.4 Å². The smallest absolute Gasteiger partial charge is 0.223 e. The van der Waals surface area contributed by atoms with Crippen molar-refractivity contribution in [2.45, 2.75) is 18.8 Å². The van der Waals surface area contributed by atoms with E-state index < -0.39 is 0 Å². The van der Waals surface area contributed by atoms with E-state index in [1.807, 2.05) is 24.3 Å². The summed E-state index contributed by atoms with van der Waals surface area (Å²) in [5, 5.41) is 2.97. The molecule has 0 spiro atoms. The molecule has 2 atom stereocenters. The largest absolute Gasteiger partial charge is 0.399 e. The molecule has 1 amide bonds. The predicted octanol–water partition coefficient (Wildman–Crippen LogP) is 3.29. The van der Waals surface area contributed by atoms with Crippen LogP contribution in [0.2, 0.25) is 0 Å². The number of halogens is 2. The molecule has 2 aromatic rings. The zero-order valence-corrected chi connectivity index (χ0v) is 13.5. The lowest BCUT2D eigenvalue weighted by Crippen LogP contribution is -2.27. The third-order valence-corrected chi connectivity index (χ3v) is 4.12. The van der Waals surface area contributed by atoms with Gasteiger partial charge in [0.25, 0.3) is 0 Å². The molecule has 2 aromatic carbocycles. The highest BCUT2D eigenvalue weighted by Crippen LogP contribution is 2.47. The summed E-state index contributed by atoms with van der Waals surface area (Å²) in [5.41, 5.74) is 8.58. The van der Waals surface area contributed by atoms with Crippen molar-refractivity contribution in [2.24, 2.45) is 5.92 Å². The van der Waals surface area contributed by atoms with E-state index in [9.17, 15) is 9.18 Å². The van der Waals surface area contributed by atoms with Gasteiger partial charge in [0.1, 0.15) is 5.82 Å². The summed E-state index contributed by atoms with van der Waals surface area (Å²) in [6.45, 7) is 0.620. The van der Waals surface area contributed by atoms with Crippen LogP contribution in [0.25, 0.3) is 0 Å². The molecule has 122 valence electrons. The Balaban J connectivity index is 0.00000192. The topological polar surface area (TPSA) is 55.1 Å². The maximum atomic E-state index is 12.9. The number of hydrogen-bond donors (Lipinski definition) is 2. The molecule has 2 unspecified atom stereocenters. The second-order valence-electron chi connectivity index (χ2n) is 5.78. The van der Waals surface area contributed by atoms with Gasteiger partial charge in [0.2, 0.25) is 5.91 Å². The number of amides is 1. The van der Waals surface area contributed by atoms with Crippen LogP contribution in [0.15, 0.2) is 48.5 Å². The maximum absolute atomic E-state index is 12.9. The molecule has 1 aliphatic carbocycles. The molecule has 23 heavy (non-hydrogen) atoms. The number of nitrogens with two attached hydrogens (primary N) is 1. The molecule has 0 radical (unpaired) electrons. The Hall–Kier alpha value is -2.07. The lowest BCUT2D eigenvalue weighted by atomic mass is 10.1. The number of hydrogen-bond acceptors (Lipinski definition) is 2. The minimum atomic E-state index is -0.242. The van der Waals surface area contributed by atoms with Crippen molar-refractivity contribution in [3.05, 3.63) is 65.5 Å². The number of benzene rings is 2. The van der Waals surface area contributed by atoms with Gasteiger partial charge in [-0.3, -0.25) is 4.79 Å². The lowest BCUT2D eigenvalue weighted by molar-refractivity contribution is -0.122. The quantitative estimate of drug-likeness (QED) is 0.824. The van der Waals surface area contributed by atoms with E-state index in [1.165, 1.54) is 12.1 Å². The van der Waals surface area contributed by atoms with Gasteiger partial charge >= 0.3 is 0 Å². The fraction of sp³-hybridized carbons (Fsp3) is 0.278. The van der Waals surface area contributed by atoms with Gasteiger partial charge in [0.05, 0.1) is 0 Å². The summed E-state index contributed by atoms with van der Waals surface area (Å²) >= 11 is 0. The summed E-state index contributed by atoms with van der Waals surface area (Å²) < 4.78 is 12.9. The van der Waals surface area contributed by atoms with Crippen LogP contribution in [0.3, 0.4) is 0 Å². The average molecular weight is 335 g/mol. The molecule has 0 aromatic heterocycles. The maximum Gasteiger partial charge on any atom is 0.223 e. The average Bonchev–Trinajstić information content (AvgIpc) is 3.30. The first-order valence-electron chi connectivity index (χ1n) is 7.51. The van der Waals surface area contributed by atoms with E-state index in [2.05, 4.69) is 5.32 Å². The number of carbonyl (C=O) groups is 1. The summed E-state index contributed by atoms with van der Waals surface area (Å²) in [7, 11) is 0. The molecule has 1 saturated carbocycles. The molecule has 0 aliphatic heterocycles. The number of carbonyl (C=O) groups excluding carboxylic acids is 1. The van der Waals surface area contributed by atoms with Crippen molar-refractivity contribution in [1.82, 2.24) is 5.32 Å². The summed E-state index contributed by atoms with van der Waals surface area (Å²) in [6.07, 6.45) is 1.64. The van der Waals surface area contributed by atoms with Crippen molar-refractivity contribution < 1.29 is 9.18 Å².